The van der Waals surface area contributed by atoms with Crippen LogP contribution in [-0.4, -0.2) is 45.1 Å². The summed E-state index contributed by atoms with van der Waals surface area (Å²) in [6.45, 7) is 4.69. The first-order chi connectivity index (χ1) is 14.2. The number of amides is 1. The van der Waals surface area contributed by atoms with Crippen LogP contribution in [0.4, 0.5) is 11.4 Å². The molecular weight excluding hydrogens is 400 g/mol. The van der Waals surface area contributed by atoms with Crippen LogP contribution in [0.5, 0.6) is 0 Å². The van der Waals surface area contributed by atoms with Gasteiger partial charge in [0.1, 0.15) is 0 Å². The molecule has 2 aromatic carbocycles. The van der Waals surface area contributed by atoms with Crippen LogP contribution < -0.4 is 15.8 Å². The van der Waals surface area contributed by atoms with Gasteiger partial charge in [0, 0.05) is 12.2 Å². The fourth-order valence-corrected chi connectivity index (χ4v) is 4.38. The lowest BCUT2D eigenvalue weighted by Gasteiger charge is -2.26. The zero-order chi connectivity index (χ0) is 21.7. The molecule has 0 saturated carbocycles. The van der Waals surface area contributed by atoms with Crippen molar-refractivity contribution in [2.75, 3.05) is 36.3 Å². The Morgan fingerprint density at radius 2 is 1.80 bits per heavy atom. The maximum atomic E-state index is 13.1. The van der Waals surface area contributed by atoms with E-state index in [1.807, 2.05) is 37.3 Å². The van der Waals surface area contributed by atoms with Crippen LogP contribution >= 0.6 is 0 Å². The van der Waals surface area contributed by atoms with Crippen LogP contribution in [-0.2, 0) is 14.8 Å². The van der Waals surface area contributed by atoms with E-state index in [-0.39, 0.29) is 11.9 Å². The van der Waals surface area contributed by atoms with Gasteiger partial charge < -0.3 is 16.0 Å². The second kappa shape index (κ2) is 9.49. The van der Waals surface area contributed by atoms with Gasteiger partial charge in [0.2, 0.25) is 15.9 Å². The molecule has 162 valence electrons. The fraction of sp³-hybridized carbons (Fsp3) is 0.409. The van der Waals surface area contributed by atoms with Crippen molar-refractivity contribution in [3.05, 3.63) is 59.7 Å². The van der Waals surface area contributed by atoms with E-state index in [9.17, 15) is 13.2 Å². The van der Waals surface area contributed by atoms with Crippen molar-refractivity contribution in [2.24, 2.45) is 0 Å². The van der Waals surface area contributed by atoms with Crippen molar-refractivity contribution in [2.45, 2.75) is 31.7 Å². The van der Waals surface area contributed by atoms with E-state index >= 15 is 0 Å². The molecule has 2 atom stereocenters. The number of rotatable bonds is 8. The molecule has 7 nitrogen and oxygen atoms in total. The summed E-state index contributed by atoms with van der Waals surface area (Å²) in [7, 11) is -3.39. The number of likely N-dealkylation sites (tertiary alicyclic amines) is 1. The molecule has 1 heterocycles. The number of nitrogens with zero attached hydrogens (tertiary/aromatic N) is 1. The van der Waals surface area contributed by atoms with E-state index in [1.54, 1.807) is 18.2 Å². The maximum absolute atomic E-state index is 13.1. The minimum absolute atomic E-state index is 0.105. The predicted octanol–water partition coefficient (Wildman–Crippen LogP) is 2.70. The highest BCUT2D eigenvalue weighted by Gasteiger charge is 2.24. The molecule has 1 saturated heterocycles. The molecule has 30 heavy (non-hydrogen) atoms. The lowest BCUT2D eigenvalue weighted by Crippen LogP contribution is -2.38. The molecule has 2 aromatic rings. The quantitative estimate of drug-likeness (QED) is 0.559. The van der Waals surface area contributed by atoms with Crippen molar-refractivity contribution in [3.63, 3.8) is 0 Å². The first-order valence-electron chi connectivity index (χ1n) is 10.2. The Balaban J connectivity index is 1.74. The molecule has 3 rings (SSSR count). The average Bonchev–Trinajstić information content (AvgIpc) is 3.19. The molecule has 1 fully saturated rings. The molecule has 0 aliphatic carbocycles. The van der Waals surface area contributed by atoms with Crippen LogP contribution in [0, 0.1) is 0 Å². The number of hydrogen-bond donors (Lipinski definition) is 3. The molecule has 0 spiro atoms. The van der Waals surface area contributed by atoms with Gasteiger partial charge in [-0.15, -0.1) is 0 Å². The molecule has 1 aliphatic rings. The number of carbonyl (C=O) groups is 1. The number of hydrogen-bond acceptors (Lipinski definition) is 5. The SMILES string of the molecule is CC(C(=O)N[C@H](CN1CCCC1)c1ccccc1)c1ccc(NS(C)(=O)=O)cc1N. The highest BCUT2D eigenvalue weighted by atomic mass is 32.2. The largest absolute Gasteiger partial charge is 0.398 e. The zero-order valence-electron chi connectivity index (χ0n) is 17.5. The lowest BCUT2D eigenvalue weighted by molar-refractivity contribution is -0.123. The molecule has 1 amide bonds. The van der Waals surface area contributed by atoms with E-state index < -0.39 is 15.9 Å². The monoisotopic (exact) mass is 430 g/mol. The number of sulfonamides is 1. The topological polar surface area (TPSA) is 105 Å². The van der Waals surface area contributed by atoms with Crippen LogP contribution in [0.15, 0.2) is 48.5 Å². The summed E-state index contributed by atoms with van der Waals surface area (Å²) in [6, 6.07) is 14.7. The van der Waals surface area contributed by atoms with Gasteiger partial charge in [0.25, 0.3) is 0 Å². The maximum Gasteiger partial charge on any atom is 0.229 e. The molecule has 0 aromatic heterocycles. The second-order valence-electron chi connectivity index (χ2n) is 7.92. The number of nitrogens with one attached hydrogen (secondary N) is 2. The van der Waals surface area contributed by atoms with Crippen molar-refractivity contribution >= 4 is 27.3 Å². The van der Waals surface area contributed by atoms with Crippen LogP contribution in [0.2, 0.25) is 0 Å². The minimum Gasteiger partial charge on any atom is -0.398 e. The number of nitrogens with two attached hydrogens (primary N) is 1. The fourth-order valence-electron chi connectivity index (χ4n) is 3.83. The van der Waals surface area contributed by atoms with Gasteiger partial charge in [0.15, 0.2) is 0 Å². The van der Waals surface area contributed by atoms with Crippen molar-refractivity contribution < 1.29 is 13.2 Å². The molecule has 8 heteroatoms. The highest BCUT2D eigenvalue weighted by molar-refractivity contribution is 7.92. The number of nitrogen functional groups attached to an aromatic ring is 1. The molecule has 1 unspecified atom stereocenters. The number of anilines is 2. The van der Waals surface area contributed by atoms with Gasteiger partial charge in [-0.3, -0.25) is 9.52 Å². The van der Waals surface area contributed by atoms with Crippen LogP contribution in [0.1, 0.15) is 42.9 Å². The van der Waals surface area contributed by atoms with E-state index in [0.717, 1.165) is 31.5 Å². The summed E-state index contributed by atoms with van der Waals surface area (Å²) in [5, 5.41) is 3.19. The van der Waals surface area contributed by atoms with E-state index in [4.69, 9.17) is 5.73 Å². The van der Waals surface area contributed by atoms with Gasteiger partial charge >= 0.3 is 0 Å². The van der Waals surface area contributed by atoms with E-state index in [0.29, 0.717) is 16.9 Å². The average molecular weight is 431 g/mol. The summed E-state index contributed by atoms with van der Waals surface area (Å²) in [4.78, 5) is 15.4. The Kier molecular flexibility index (Phi) is 6.99. The third kappa shape index (κ3) is 5.96. The molecule has 0 radical (unpaired) electrons. The second-order valence-corrected chi connectivity index (χ2v) is 9.67. The van der Waals surface area contributed by atoms with Crippen LogP contribution in [0.3, 0.4) is 0 Å². The van der Waals surface area contributed by atoms with Gasteiger partial charge in [-0.25, -0.2) is 8.42 Å². The molecule has 0 bridgehead atoms. The zero-order valence-corrected chi connectivity index (χ0v) is 18.3. The summed E-state index contributed by atoms with van der Waals surface area (Å²) >= 11 is 0. The molecular formula is C22H30N4O3S. The van der Waals surface area contributed by atoms with Gasteiger partial charge in [-0.2, -0.15) is 0 Å². The third-order valence-corrected chi connectivity index (χ3v) is 6.01. The Morgan fingerprint density at radius 1 is 1.13 bits per heavy atom. The first kappa shape index (κ1) is 22.1. The Hall–Kier alpha value is -2.58. The summed E-state index contributed by atoms with van der Waals surface area (Å²) in [6.07, 6.45) is 3.46. The van der Waals surface area contributed by atoms with Gasteiger partial charge in [-0.1, -0.05) is 36.4 Å². The predicted molar refractivity (Wildman–Crippen MR) is 121 cm³/mol. The van der Waals surface area contributed by atoms with Gasteiger partial charge in [0.05, 0.1) is 23.9 Å². The summed E-state index contributed by atoms with van der Waals surface area (Å²) in [5.74, 6) is -0.583. The number of benzene rings is 2. The minimum atomic E-state index is -3.39. The van der Waals surface area contributed by atoms with E-state index in [2.05, 4.69) is 14.9 Å². The molecule has 4 N–H and O–H groups in total. The van der Waals surface area contributed by atoms with E-state index in [1.165, 1.54) is 12.8 Å². The van der Waals surface area contributed by atoms with Crippen molar-refractivity contribution in [3.8, 4) is 0 Å². The summed E-state index contributed by atoms with van der Waals surface area (Å²) in [5.41, 5.74) is 8.63. The normalized spacial score (nSPS) is 16.7. The van der Waals surface area contributed by atoms with Crippen molar-refractivity contribution in [1.82, 2.24) is 10.2 Å². The standard InChI is InChI=1S/C22H30N4O3S/c1-16(19-11-10-18(14-20(19)23)25-30(2,28)29)22(27)24-21(15-26-12-6-7-13-26)17-8-4-3-5-9-17/h3-5,8-11,14,16,21,25H,6-7,12-13,15,23H2,1-2H3,(H,24,27)/t16?,21-/m1/s1. The third-order valence-electron chi connectivity index (χ3n) is 5.41. The Morgan fingerprint density at radius 3 is 2.40 bits per heavy atom. The van der Waals surface area contributed by atoms with Gasteiger partial charge in [-0.05, 0) is 56.1 Å². The smallest absolute Gasteiger partial charge is 0.229 e. The lowest BCUT2D eigenvalue weighted by atomic mass is 9.97. The molecule has 1 aliphatic heterocycles. The van der Waals surface area contributed by atoms with Crippen LogP contribution in [0.25, 0.3) is 0 Å². The Labute approximate surface area is 178 Å². The highest BCUT2D eigenvalue weighted by Crippen LogP contribution is 2.27. The Bertz CT molecular complexity index is 973. The number of carbonyl (C=O) groups excluding carboxylic acids is 1. The summed E-state index contributed by atoms with van der Waals surface area (Å²) < 4.78 is 25.2. The van der Waals surface area contributed by atoms with Crippen molar-refractivity contribution in [1.29, 1.82) is 0 Å². The first-order valence-corrected chi connectivity index (χ1v) is 12.1.